The van der Waals surface area contributed by atoms with Crippen LogP contribution in [0.4, 0.5) is 5.69 Å². The van der Waals surface area contributed by atoms with E-state index in [4.69, 9.17) is 0 Å². The molecule has 17 heavy (non-hydrogen) atoms. The van der Waals surface area contributed by atoms with Gasteiger partial charge in [-0.3, -0.25) is 0 Å². The van der Waals surface area contributed by atoms with Crippen LogP contribution in [0, 0.1) is 0 Å². The summed E-state index contributed by atoms with van der Waals surface area (Å²) in [6.45, 7) is 8.67. The van der Waals surface area contributed by atoms with Crippen LogP contribution in [0.2, 0.25) is 0 Å². The number of anilines is 1. The zero-order chi connectivity index (χ0) is 13.1. The van der Waals surface area contributed by atoms with Crippen LogP contribution in [-0.2, 0) is 0 Å². The molecule has 0 amide bonds. The van der Waals surface area contributed by atoms with Gasteiger partial charge < -0.3 is 10.0 Å². The second-order valence-corrected chi connectivity index (χ2v) is 5.24. The topological polar surface area (TPSA) is 23.5 Å². The molecule has 1 N–H and O–H groups in total. The first kappa shape index (κ1) is 14.0. The zero-order valence-electron chi connectivity index (χ0n) is 11.7. The molecule has 0 aliphatic rings. The second-order valence-electron chi connectivity index (χ2n) is 5.24. The minimum Gasteiger partial charge on any atom is -0.388 e. The Hall–Kier alpha value is -1.02. The summed E-state index contributed by atoms with van der Waals surface area (Å²) in [7, 11) is 2.12. The van der Waals surface area contributed by atoms with Crippen molar-refractivity contribution in [2.75, 3.05) is 11.9 Å². The molecule has 0 spiro atoms. The highest BCUT2D eigenvalue weighted by molar-refractivity contribution is 5.49. The van der Waals surface area contributed by atoms with Gasteiger partial charge in [-0.05, 0) is 44.4 Å². The molecule has 0 saturated carbocycles. The lowest BCUT2D eigenvalue weighted by Gasteiger charge is -2.37. The first-order valence-corrected chi connectivity index (χ1v) is 6.44. The molecule has 0 aliphatic heterocycles. The van der Waals surface area contributed by atoms with Gasteiger partial charge in [0.25, 0.3) is 0 Å². The predicted octanol–water partition coefficient (Wildman–Crippen LogP) is 3.75. The predicted molar refractivity (Wildman–Crippen MR) is 74.5 cm³/mol. The highest BCUT2D eigenvalue weighted by Crippen LogP contribution is 2.26. The molecule has 0 aromatic heterocycles. The fraction of sp³-hybridized carbons (Fsp3) is 0.600. The van der Waals surface area contributed by atoms with Crippen molar-refractivity contribution >= 4 is 5.69 Å². The minimum atomic E-state index is -0.339. The van der Waals surface area contributed by atoms with Gasteiger partial charge in [-0.2, -0.15) is 0 Å². The van der Waals surface area contributed by atoms with Crippen molar-refractivity contribution in [3.8, 4) is 0 Å². The number of nitrogens with zero attached hydrogens (tertiary/aromatic N) is 1. The van der Waals surface area contributed by atoms with Crippen molar-refractivity contribution in [1.82, 2.24) is 0 Å². The quantitative estimate of drug-likeness (QED) is 0.840. The first-order valence-electron chi connectivity index (χ1n) is 6.44. The third-order valence-corrected chi connectivity index (χ3v) is 3.83. The average Bonchev–Trinajstić information content (AvgIpc) is 2.37. The van der Waals surface area contributed by atoms with E-state index in [2.05, 4.69) is 44.9 Å². The maximum absolute atomic E-state index is 9.75. The molecular formula is C15H25NO. The van der Waals surface area contributed by atoms with Crippen molar-refractivity contribution in [3.05, 3.63) is 29.8 Å². The van der Waals surface area contributed by atoms with E-state index in [1.165, 1.54) is 5.69 Å². The lowest BCUT2D eigenvalue weighted by Crippen LogP contribution is -2.40. The monoisotopic (exact) mass is 235 g/mol. The van der Waals surface area contributed by atoms with Gasteiger partial charge in [-0.1, -0.05) is 26.0 Å². The highest BCUT2D eigenvalue weighted by atomic mass is 16.3. The summed E-state index contributed by atoms with van der Waals surface area (Å²) in [6, 6.07) is 8.22. The maximum Gasteiger partial charge on any atom is 0.0787 e. The van der Waals surface area contributed by atoms with Gasteiger partial charge in [0.2, 0.25) is 0 Å². The molecule has 0 heterocycles. The molecule has 0 bridgehead atoms. The van der Waals surface area contributed by atoms with Crippen LogP contribution in [-0.4, -0.2) is 17.7 Å². The summed E-state index contributed by atoms with van der Waals surface area (Å²) in [5, 5.41) is 9.75. The SMILES string of the molecule is CC[C@H](O)c1ccc(N(C)C(C)(C)CC)cc1. The van der Waals surface area contributed by atoms with Crippen molar-refractivity contribution in [2.45, 2.75) is 52.2 Å². The number of rotatable bonds is 5. The summed E-state index contributed by atoms with van der Waals surface area (Å²) >= 11 is 0. The molecule has 1 rings (SSSR count). The van der Waals surface area contributed by atoms with E-state index in [9.17, 15) is 5.11 Å². The van der Waals surface area contributed by atoms with Crippen LogP contribution in [0.15, 0.2) is 24.3 Å². The third-order valence-electron chi connectivity index (χ3n) is 3.83. The van der Waals surface area contributed by atoms with Crippen LogP contribution in [0.1, 0.15) is 52.2 Å². The Morgan fingerprint density at radius 3 is 2.12 bits per heavy atom. The third kappa shape index (κ3) is 3.22. The van der Waals surface area contributed by atoms with E-state index in [1.807, 2.05) is 19.1 Å². The van der Waals surface area contributed by atoms with E-state index in [0.29, 0.717) is 0 Å². The van der Waals surface area contributed by atoms with Crippen LogP contribution in [0.25, 0.3) is 0 Å². The summed E-state index contributed by atoms with van der Waals surface area (Å²) in [6.07, 6.45) is 1.52. The number of hydrogen-bond acceptors (Lipinski definition) is 2. The molecule has 1 aromatic rings. The fourth-order valence-corrected chi connectivity index (χ4v) is 1.74. The summed E-state index contributed by atoms with van der Waals surface area (Å²) in [5.74, 6) is 0. The zero-order valence-corrected chi connectivity index (χ0v) is 11.7. The largest absolute Gasteiger partial charge is 0.388 e. The van der Waals surface area contributed by atoms with Gasteiger partial charge in [0.05, 0.1) is 6.10 Å². The Kier molecular flexibility index (Phi) is 4.58. The molecule has 1 aromatic carbocycles. The van der Waals surface area contributed by atoms with Crippen molar-refractivity contribution in [2.24, 2.45) is 0 Å². The smallest absolute Gasteiger partial charge is 0.0787 e. The van der Waals surface area contributed by atoms with Gasteiger partial charge in [0.1, 0.15) is 0 Å². The van der Waals surface area contributed by atoms with Crippen LogP contribution in [0.5, 0.6) is 0 Å². The molecule has 1 atom stereocenters. The van der Waals surface area contributed by atoms with Gasteiger partial charge in [0.15, 0.2) is 0 Å². The van der Waals surface area contributed by atoms with Gasteiger partial charge >= 0.3 is 0 Å². The van der Waals surface area contributed by atoms with E-state index in [-0.39, 0.29) is 11.6 Å². The molecule has 2 heteroatoms. The Labute approximate surface area is 105 Å². The molecule has 0 fully saturated rings. The van der Waals surface area contributed by atoms with Crippen LogP contribution in [0.3, 0.4) is 0 Å². The molecule has 2 nitrogen and oxygen atoms in total. The number of aliphatic hydroxyl groups excluding tert-OH is 1. The number of aliphatic hydroxyl groups is 1. The Balaban J connectivity index is 2.88. The fourth-order valence-electron chi connectivity index (χ4n) is 1.74. The average molecular weight is 235 g/mol. The number of benzene rings is 1. The van der Waals surface area contributed by atoms with E-state index < -0.39 is 0 Å². The molecule has 0 saturated heterocycles. The van der Waals surface area contributed by atoms with E-state index in [1.54, 1.807) is 0 Å². The summed E-state index contributed by atoms with van der Waals surface area (Å²) in [4.78, 5) is 2.29. The maximum atomic E-state index is 9.75. The van der Waals surface area contributed by atoms with Crippen molar-refractivity contribution in [1.29, 1.82) is 0 Å². The van der Waals surface area contributed by atoms with Crippen molar-refractivity contribution < 1.29 is 5.11 Å². The van der Waals surface area contributed by atoms with E-state index >= 15 is 0 Å². The summed E-state index contributed by atoms with van der Waals surface area (Å²) < 4.78 is 0. The van der Waals surface area contributed by atoms with Gasteiger partial charge in [-0.25, -0.2) is 0 Å². The Morgan fingerprint density at radius 1 is 1.18 bits per heavy atom. The second kappa shape index (κ2) is 5.54. The summed E-state index contributed by atoms with van der Waals surface area (Å²) in [5.41, 5.74) is 2.35. The number of hydrogen-bond donors (Lipinski definition) is 1. The van der Waals surface area contributed by atoms with Crippen LogP contribution >= 0.6 is 0 Å². The minimum absolute atomic E-state index is 0.158. The molecule has 0 radical (unpaired) electrons. The van der Waals surface area contributed by atoms with Gasteiger partial charge in [-0.15, -0.1) is 0 Å². The van der Waals surface area contributed by atoms with E-state index in [0.717, 1.165) is 18.4 Å². The molecule has 0 aliphatic carbocycles. The normalized spacial score (nSPS) is 13.5. The van der Waals surface area contributed by atoms with Crippen molar-refractivity contribution in [3.63, 3.8) is 0 Å². The molecular weight excluding hydrogens is 210 g/mol. The molecule has 0 unspecified atom stereocenters. The first-order chi connectivity index (χ1) is 7.92. The Bertz CT molecular complexity index is 342. The highest BCUT2D eigenvalue weighted by Gasteiger charge is 2.21. The van der Waals surface area contributed by atoms with Gasteiger partial charge in [0, 0.05) is 18.3 Å². The van der Waals surface area contributed by atoms with Crippen LogP contribution < -0.4 is 4.90 Å². The standard InChI is InChI=1S/C15H25NO/c1-6-14(17)12-8-10-13(11-9-12)16(5)15(3,4)7-2/h8-11,14,17H,6-7H2,1-5H3/t14-/m0/s1. The lowest BCUT2D eigenvalue weighted by molar-refractivity contribution is 0.173. The lowest BCUT2D eigenvalue weighted by atomic mass is 9.98. The Morgan fingerprint density at radius 2 is 1.71 bits per heavy atom. The molecule has 96 valence electrons.